The molecule has 0 amide bonds. The summed E-state index contributed by atoms with van der Waals surface area (Å²) in [6.07, 6.45) is 5.35. The van der Waals surface area contributed by atoms with E-state index in [1.54, 1.807) is 0 Å². The lowest BCUT2D eigenvalue weighted by molar-refractivity contribution is 0.0454. The highest BCUT2D eigenvalue weighted by Gasteiger charge is 2.40. The molecule has 2 heterocycles. The van der Waals surface area contributed by atoms with E-state index >= 15 is 0 Å². The first-order valence-corrected chi connectivity index (χ1v) is 7.54. The van der Waals surface area contributed by atoms with E-state index in [0.29, 0.717) is 13.0 Å². The van der Waals surface area contributed by atoms with Gasteiger partial charge in [0.1, 0.15) is 11.4 Å². The van der Waals surface area contributed by atoms with Crippen molar-refractivity contribution >= 4 is 21.6 Å². The zero-order valence-electron chi connectivity index (χ0n) is 11.1. The summed E-state index contributed by atoms with van der Waals surface area (Å²) in [6.45, 7) is 1.48. The maximum Gasteiger partial charge on any atom is 0.205 e. The Morgan fingerprint density at radius 2 is 2.20 bits per heavy atom. The second kappa shape index (κ2) is 5.55. The Morgan fingerprint density at radius 3 is 3.05 bits per heavy atom. The maximum absolute atomic E-state index is 8.94. The largest absolute Gasteiger partial charge is 0.486 e. The SMILES string of the molecule is N#C/N=C1\CC2(CCCOCC2)Oc2ccc(Br)cc21. The van der Waals surface area contributed by atoms with Crippen LogP contribution in [-0.4, -0.2) is 24.5 Å². The quantitative estimate of drug-likeness (QED) is 0.683. The van der Waals surface area contributed by atoms with E-state index in [2.05, 4.69) is 20.9 Å². The lowest BCUT2D eigenvalue weighted by atomic mass is 9.84. The van der Waals surface area contributed by atoms with Crippen LogP contribution in [0.15, 0.2) is 27.7 Å². The first-order chi connectivity index (χ1) is 9.72. The van der Waals surface area contributed by atoms with Gasteiger partial charge in [0.15, 0.2) is 0 Å². The average molecular weight is 335 g/mol. The van der Waals surface area contributed by atoms with E-state index in [1.807, 2.05) is 24.4 Å². The third kappa shape index (κ3) is 2.58. The summed E-state index contributed by atoms with van der Waals surface area (Å²) in [5, 5.41) is 8.94. The fourth-order valence-corrected chi connectivity index (χ4v) is 3.27. The van der Waals surface area contributed by atoms with Gasteiger partial charge >= 0.3 is 0 Å². The van der Waals surface area contributed by atoms with Crippen molar-refractivity contribution in [3.8, 4) is 11.9 Å². The molecule has 0 saturated carbocycles. The average Bonchev–Trinajstić information content (AvgIpc) is 2.66. The normalized spacial score (nSPS) is 27.5. The Balaban J connectivity index is 2.03. The molecule has 104 valence electrons. The van der Waals surface area contributed by atoms with Gasteiger partial charge in [0.25, 0.3) is 0 Å². The first-order valence-electron chi connectivity index (χ1n) is 6.75. The number of hydrogen-bond donors (Lipinski definition) is 0. The van der Waals surface area contributed by atoms with Crippen LogP contribution in [0, 0.1) is 11.5 Å². The molecule has 0 N–H and O–H groups in total. The summed E-state index contributed by atoms with van der Waals surface area (Å²) in [5.41, 5.74) is 1.46. The number of aliphatic imine (C=N–C) groups is 1. The van der Waals surface area contributed by atoms with E-state index in [0.717, 1.165) is 47.4 Å². The van der Waals surface area contributed by atoms with E-state index in [9.17, 15) is 0 Å². The van der Waals surface area contributed by atoms with Gasteiger partial charge in [-0.25, -0.2) is 0 Å². The molecule has 1 aromatic rings. The van der Waals surface area contributed by atoms with Gasteiger partial charge in [0.05, 0.1) is 12.3 Å². The highest BCUT2D eigenvalue weighted by atomic mass is 79.9. The first kappa shape index (κ1) is 13.6. The number of nitrogens with zero attached hydrogens (tertiary/aromatic N) is 2. The molecule has 1 unspecified atom stereocenters. The number of hydrogen-bond acceptors (Lipinski definition) is 4. The molecule has 20 heavy (non-hydrogen) atoms. The van der Waals surface area contributed by atoms with E-state index < -0.39 is 0 Å². The van der Waals surface area contributed by atoms with Crippen molar-refractivity contribution in [2.75, 3.05) is 13.2 Å². The molecule has 3 rings (SSSR count). The highest BCUT2D eigenvalue weighted by molar-refractivity contribution is 9.10. The molecule has 4 nitrogen and oxygen atoms in total. The van der Waals surface area contributed by atoms with Crippen LogP contribution in [-0.2, 0) is 4.74 Å². The molecule has 0 bridgehead atoms. The molecule has 1 spiro atoms. The summed E-state index contributed by atoms with van der Waals surface area (Å²) < 4.78 is 12.8. The van der Waals surface area contributed by atoms with Crippen molar-refractivity contribution < 1.29 is 9.47 Å². The van der Waals surface area contributed by atoms with Crippen LogP contribution < -0.4 is 4.74 Å². The van der Waals surface area contributed by atoms with Crippen molar-refractivity contribution in [2.45, 2.75) is 31.3 Å². The van der Waals surface area contributed by atoms with Crippen molar-refractivity contribution in [3.05, 3.63) is 28.2 Å². The van der Waals surface area contributed by atoms with E-state index in [4.69, 9.17) is 14.7 Å². The molecule has 1 saturated heterocycles. The van der Waals surface area contributed by atoms with Gasteiger partial charge in [0.2, 0.25) is 6.19 Å². The third-order valence-corrected chi connectivity index (χ3v) is 4.37. The number of rotatable bonds is 0. The Morgan fingerprint density at radius 1 is 1.30 bits per heavy atom. The minimum absolute atomic E-state index is 0.271. The second-order valence-electron chi connectivity index (χ2n) is 5.23. The topological polar surface area (TPSA) is 54.6 Å². The second-order valence-corrected chi connectivity index (χ2v) is 6.14. The van der Waals surface area contributed by atoms with Crippen LogP contribution in [0.3, 0.4) is 0 Å². The van der Waals surface area contributed by atoms with Crippen molar-refractivity contribution in [1.82, 2.24) is 0 Å². The van der Waals surface area contributed by atoms with Crippen LogP contribution in [0.1, 0.15) is 31.2 Å². The summed E-state index contributed by atoms with van der Waals surface area (Å²) in [4.78, 5) is 4.03. The summed E-state index contributed by atoms with van der Waals surface area (Å²) in [7, 11) is 0. The monoisotopic (exact) mass is 334 g/mol. The fourth-order valence-electron chi connectivity index (χ4n) is 2.91. The molecule has 0 aliphatic carbocycles. The van der Waals surface area contributed by atoms with Crippen molar-refractivity contribution in [2.24, 2.45) is 4.99 Å². The fraction of sp³-hybridized carbons (Fsp3) is 0.467. The summed E-state index contributed by atoms with van der Waals surface area (Å²) >= 11 is 3.46. The van der Waals surface area contributed by atoms with Crippen LogP contribution in [0.5, 0.6) is 5.75 Å². The molecule has 1 fully saturated rings. The Labute approximate surface area is 126 Å². The number of benzene rings is 1. The van der Waals surface area contributed by atoms with Crippen molar-refractivity contribution in [3.63, 3.8) is 0 Å². The zero-order valence-corrected chi connectivity index (χ0v) is 12.6. The predicted octanol–water partition coefficient (Wildman–Crippen LogP) is 3.44. The molecule has 1 atom stereocenters. The molecule has 2 aliphatic rings. The minimum atomic E-state index is -0.271. The molecular formula is C15H15BrN2O2. The lowest BCUT2D eigenvalue weighted by Gasteiger charge is -2.38. The van der Waals surface area contributed by atoms with Crippen molar-refractivity contribution in [1.29, 1.82) is 5.26 Å². The van der Waals surface area contributed by atoms with Crippen LogP contribution in [0.25, 0.3) is 0 Å². The zero-order chi connectivity index (χ0) is 14.0. The molecule has 0 aromatic heterocycles. The van der Waals surface area contributed by atoms with Gasteiger partial charge in [-0.3, -0.25) is 0 Å². The van der Waals surface area contributed by atoms with Gasteiger partial charge in [-0.2, -0.15) is 10.3 Å². The number of nitriles is 1. The standard InChI is InChI=1S/C15H15BrN2O2/c16-11-2-3-14-12(8-11)13(18-10-17)9-15(20-14)4-1-6-19-7-5-15/h2-3,8H,1,4-7,9H2/b18-13+. The van der Waals surface area contributed by atoms with Gasteiger partial charge in [-0.1, -0.05) is 15.9 Å². The van der Waals surface area contributed by atoms with Crippen LogP contribution in [0.2, 0.25) is 0 Å². The molecule has 2 aliphatic heterocycles. The Bertz CT molecular complexity index is 584. The van der Waals surface area contributed by atoms with Gasteiger partial charge in [-0.15, -0.1) is 0 Å². The summed E-state index contributed by atoms with van der Waals surface area (Å²) in [5.74, 6) is 0.815. The van der Waals surface area contributed by atoms with Gasteiger partial charge < -0.3 is 9.47 Å². The number of ether oxygens (including phenoxy) is 2. The Hall–Kier alpha value is -1.38. The van der Waals surface area contributed by atoms with Gasteiger partial charge in [-0.05, 0) is 31.0 Å². The van der Waals surface area contributed by atoms with Gasteiger partial charge in [0, 0.05) is 29.5 Å². The highest BCUT2D eigenvalue weighted by Crippen LogP contribution is 2.40. The lowest BCUT2D eigenvalue weighted by Crippen LogP contribution is -2.42. The third-order valence-electron chi connectivity index (χ3n) is 3.88. The number of halogens is 1. The number of fused-ring (bicyclic) bond motifs is 1. The molecule has 1 aromatic carbocycles. The smallest absolute Gasteiger partial charge is 0.205 e. The Kier molecular flexibility index (Phi) is 3.77. The molecular weight excluding hydrogens is 320 g/mol. The predicted molar refractivity (Wildman–Crippen MR) is 78.9 cm³/mol. The molecule has 5 heteroatoms. The molecule has 0 radical (unpaired) electrons. The maximum atomic E-state index is 8.94. The van der Waals surface area contributed by atoms with Crippen LogP contribution in [0.4, 0.5) is 0 Å². The van der Waals surface area contributed by atoms with Crippen LogP contribution >= 0.6 is 15.9 Å². The van der Waals surface area contributed by atoms with E-state index in [1.165, 1.54) is 0 Å². The minimum Gasteiger partial charge on any atom is -0.486 e. The summed E-state index contributed by atoms with van der Waals surface area (Å²) in [6, 6.07) is 5.86. The van der Waals surface area contributed by atoms with E-state index in [-0.39, 0.29) is 5.60 Å².